The number of amides is 2. The van der Waals surface area contributed by atoms with E-state index in [9.17, 15) is 23.4 Å². The number of esters is 2. The second-order valence-corrected chi connectivity index (χ2v) is 20.8. The molecule has 2 N–H and O–H groups in total. The van der Waals surface area contributed by atoms with Crippen LogP contribution in [0.25, 0.3) is 0 Å². The summed E-state index contributed by atoms with van der Waals surface area (Å²) in [5.74, 6) is -3.19. The molecule has 8 rings (SSSR count). The number of oxime groups is 1. The number of fused-ring (bicyclic) bond motifs is 1. The Hall–Kier alpha value is -6.75. The fourth-order valence-corrected chi connectivity index (χ4v) is 11.2. The van der Waals surface area contributed by atoms with Crippen molar-refractivity contribution in [2.75, 3.05) is 16.4 Å². The quantitative estimate of drug-likeness (QED) is 0.0239. The summed E-state index contributed by atoms with van der Waals surface area (Å²) in [6.07, 6.45) is -0.818. The molecule has 0 saturated carbocycles. The summed E-state index contributed by atoms with van der Waals surface area (Å²) in [5, 5.41) is 11.7. The molecule has 0 bridgehead atoms. The SMILES string of the molecule is CC(C)(C)OC(=O)C(C)(C)ON=C(C(=O)N[C@@H]1C(=O)N2C(C(=O)OC(c3ccccc3)c3ccccc3)=C(CBr)C[S@](=O)[C@H]12)c1csc(NC(c2ccccc2)(c2ccccc2)c2ccccc2)n1. The Morgan fingerprint density at radius 3 is 1.77 bits per heavy atom. The van der Waals surface area contributed by atoms with Crippen molar-refractivity contribution in [3.8, 4) is 0 Å². The van der Waals surface area contributed by atoms with Crippen molar-refractivity contribution < 1.29 is 37.7 Å². The summed E-state index contributed by atoms with van der Waals surface area (Å²) < 4.78 is 25.8. The normalized spacial score (nSPS) is 17.4. The van der Waals surface area contributed by atoms with Crippen molar-refractivity contribution in [2.24, 2.45) is 5.16 Å². The van der Waals surface area contributed by atoms with Gasteiger partial charge in [-0.3, -0.25) is 18.7 Å². The van der Waals surface area contributed by atoms with Crippen LogP contribution in [0.1, 0.15) is 74.2 Å². The fraction of sp³-hybridized carbons (Fsp3) is 0.245. The Bertz CT molecular complexity index is 2770. The monoisotopic (exact) mass is 1030 g/mol. The van der Waals surface area contributed by atoms with E-state index in [0.29, 0.717) is 21.8 Å². The van der Waals surface area contributed by atoms with Crippen molar-refractivity contribution >= 4 is 72.7 Å². The van der Waals surface area contributed by atoms with Crippen LogP contribution in [0.15, 0.2) is 173 Å². The Labute approximate surface area is 415 Å². The van der Waals surface area contributed by atoms with Crippen LogP contribution < -0.4 is 10.6 Å². The number of benzene rings is 5. The maximum Gasteiger partial charge on any atom is 0.356 e. The minimum Gasteiger partial charge on any atom is -0.457 e. The number of ether oxygens (including phenoxy) is 2. The summed E-state index contributed by atoms with van der Waals surface area (Å²) in [7, 11) is -1.76. The Kier molecular flexibility index (Phi) is 14.4. The summed E-state index contributed by atoms with van der Waals surface area (Å²) in [6, 6.07) is 46.8. The number of thiazole rings is 1. The van der Waals surface area contributed by atoms with Crippen molar-refractivity contribution in [3.05, 3.63) is 202 Å². The number of hydrogen-bond donors (Lipinski definition) is 2. The van der Waals surface area contributed by atoms with Crippen LogP contribution >= 0.6 is 27.3 Å². The Morgan fingerprint density at radius 2 is 1.29 bits per heavy atom. The molecule has 13 nitrogen and oxygen atoms in total. The van der Waals surface area contributed by atoms with Gasteiger partial charge in [0.1, 0.15) is 33.9 Å². The Balaban J connectivity index is 1.12. The standard InChI is InChI=1S/C53H50BrN5O8S2/c1-51(2,3)66-49(63)52(4,5)67-58-41(40-32-68-50(55-40)57-53(37-25-15-8-16-26-37,38-27-17-9-18-28-38)39-29-19-10-20-30-39)45(60)56-42-46(61)59-43(36(31-54)33-69(64)47(42)59)48(62)65-44(34-21-11-6-12-22-34)35-23-13-7-14-24-35/h6-30,32,42,44,47H,31,33H2,1-5H3,(H,55,57)(H,56,60)/t42-,47-,69+/m1/s1. The van der Waals surface area contributed by atoms with E-state index in [1.54, 1.807) is 26.2 Å². The molecular weight excluding hydrogens is 979 g/mol. The minimum absolute atomic E-state index is 0.0471. The molecule has 2 amide bonds. The van der Waals surface area contributed by atoms with Gasteiger partial charge in [0.05, 0.1) is 16.6 Å². The molecule has 2 aliphatic rings. The minimum atomic E-state index is -1.76. The summed E-state index contributed by atoms with van der Waals surface area (Å²) >= 11 is 4.64. The van der Waals surface area contributed by atoms with Crippen LogP contribution in [-0.4, -0.2) is 77.3 Å². The predicted molar refractivity (Wildman–Crippen MR) is 270 cm³/mol. The van der Waals surface area contributed by atoms with E-state index in [-0.39, 0.29) is 28.2 Å². The first-order chi connectivity index (χ1) is 33.1. The molecule has 354 valence electrons. The lowest BCUT2D eigenvalue weighted by Gasteiger charge is -2.49. The van der Waals surface area contributed by atoms with Gasteiger partial charge in [-0.25, -0.2) is 14.6 Å². The van der Waals surface area contributed by atoms with E-state index in [0.717, 1.165) is 21.6 Å². The molecule has 3 atom stereocenters. The fourth-order valence-electron chi connectivity index (χ4n) is 8.08. The maximum atomic E-state index is 14.7. The molecule has 69 heavy (non-hydrogen) atoms. The maximum absolute atomic E-state index is 14.7. The molecule has 0 radical (unpaired) electrons. The van der Waals surface area contributed by atoms with Gasteiger partial charge in [0, 0.05) is 10.7 Å². The van der Waals surface area contributed by atoms with E-state index >= 15 is 0 Å². The molecule has 0 spiro atoms. The lowest BCUT2D eigenvalue weighted by Crippen LogP contribution is -2.74. The van der Waals surface area contributed by atoms with Crippen molar-refractivity contribution in [3.63, 3.8) is 0 Å². The number of nitrogens with zero attached hydrogens (tertiary/aromatic N) is 3. The average Bonchev–Trinajstić information content (AvgIpc) is 3.82. The number of aromatic nitrogens is 1. The lowest BCUT2D eigenvalue weighted by atomic mass is 9.77. The highest BCUT2D eigenvalue weighted by Crippen LogP contribution is 2.41. The van der Waals surface area contributed by atoms with Crippen molar-refractivity contribution in [1.82, 2.24) is 15.2 Å². The zero-order valence-electron chi connectivity index (χ0n) is 38.5. The number of alkyl halides is 1. The van der Waals surface area contributed by atoms with E-state index in [1.807, 2.05) is 152 Å². The van der Waals surface area contributed by atoms with E-state index in [2.05, 4.69) is 31.7 Å². The van der Waals surface area contributed by atoms with Crippen molar-refractivity contribution in [1.29, 1.82) is 0 Å². The van der Waals surface area contributed by atoms with Gasteiger partial charge in [-0.1, -0.05) is 173 Å². The zero-order valence-corrected chi connectivity index (χ0v) is 41.7. The number of β-lactam (4-membered cyclic amide) rings is 1. The van der Waals surface area contributed by atoms with Gasteiger partial charge >= 0.3 is 11.9 Å². The van der Waals surface area contributed by atoms with Crippen LogP contribution in [0.3, 0.4) is 0 Å². The highest BCUT2D eigenvalue weighted by Gasteiger charge is 2.58. The van der Waals surface area contributed by atoms with Crippen LogP contribution in [0, 0.1) is 0 Å². The molecule has 1 saturated heterocycles. The van der Waals surface area contributed by atoms with E-state index in [1.165, 1.54) is 25.2 Å². The van der Waals surface area contributed by atoms with Gasteiger partial charge in [0.25, 0.3) is 11.8 Å². The topological polar surface area (TPSA) is 166 Å². The summed E-state index contributed by atoms with van der Waals surface area (Å²) in [4.78, 5) is 68.5. The number of hydrogen-bond acceptors (Lipinski definition) is 12. The molecule has 16 heteroatoms. The molecule has 5 aromatic carbocycles. The Morgan fingerprint density at radius 1 is 0.797 bits per heavy atom. The first-order valence-electron chi connectivity index (χ1n) is 22.1. The summed E-state index contributed by atoms with van der Waals surface area (Å²) in [6.45, 7) is 8.05. The van der Waals surface area contributed by atoms with Crippen LogP contribution in [0.5, 0.6) is 0 Å². The number of carbonyl (C=O) groups is 4. The molecule has 3 heterocycles. The highest BCUT2D eigenvalue weighted by molar-refractivity contribution is 9.09. The van der Waals surface area contributed by atoms with Gasteiger partial charge in [-0.05, 0) is 68.0 Å². The predicted octanol–water partition coefficient (Wildman–Crippen LogP) is 8.79. The second kappa shape index (κ2) is 20.5. The first-order valence-corrected chi connectivity index (χ1v) is 25.5. The van der Waals surface area contributed by atoms with E-state index in [4.69, 9.17) is 19.3 Å². The van der Waals surface area contributed by atoms with Gasteiger partial charge in [-0.2, -0.15) is 0 Å². The van der Waals surface area contributed by atoms with Gasteiger partial charge in [0.15, 0.2) is 16.9 Å². The highest BCUT2D eigenvalue weighted by atomic mass is 79.9. The largest absolute Gasteiger partial charge is 0.457 e. The third-order valence-electron chi connectivity index (χ3n) is 11.4. The van der Waals surface area contributed by atoms with Crippen LogP contribution in [-0.2, 0) is 49.8 Å². The number of rotatable bonds is 16. The van der Waals surface area contributed by atoms with Crippen LogP contribution in [0.2, 0.25) is 0 Å². The number of halogens is 1. The number of carbonyl (C=O) groups excluding carboxylic acids is 4. The molecule has 1 aromatic heterocycles. The average molecular weight is 1030 g/mol. The number of nitrogens with one attached hydrogen (secondary N) is 2. The third-order valence-corrected chi connectivity index (χ3v) is 14.5. The third kappa shape index (κ3) is 10.3. The van der Waals surface area contributed by atoms with Gasteiger partial charge in [0.2, 0.25) is 5.60 Å². The molecule has 2 aliphatic heterocycles. The van der Waals surface area contributed by atoms with E-state index < -0.39 is 68.8 Å². The smallest absolute Gasteiger partial charge is 0.356 e. The molecule has 0 unspecified atom stereocenters. The van der Waals surface area contributed by atoms with Gasteiger partial charge < -0.3 is 24.9 Å². The molecular formula is C53H50BrN5O8S2. The van der Waals surface area contributed by atoms with Crippen molar-refractivity contribution in [2.45, 2.75) is 68.9 Å². The van der Waals surface area contributed by atoms with Gasteiger partial charge in [-0.15, -0.1) is 11.3 Å². The molecule has 6 aromatic rings. The zero-order chi connectivity index (χ0) is 48.9. The molecule has 0 aliphatic carbocycles. The lowest BCUT2D eigenvalue weighted by molar-refractivity contribution is -0.179. The first kappa shape index (κ1) is 48.7. The molecule has 1 fully saturated rings. The van der Waals surface area contributed by atoms with Crippen LogP contribution in [0.4, 0.5) is 5.13 Å². The number of anilines is 1. The second-order valence-electron chi connectivity index (χ2n) is 17.8. The summed E-state index contributed by atoms with van der Waals surface area (Å²) in [5.41, 5.74) is 0.696.